The topological polar surface area (TPSA) is 95.8 Å². The molecule has 0 aliphatic carbocycles. The van der Waals surface area contributed by atoms with Gasteiger partial charge in [0.2, 0.25) is 0 Å². The normalized spacial score (nSPS) is 12.6. The smallest absolute Gasteiger partial charge is 0.181 e. The van der Waals surface area contributed by atoms with Gasteiger partial charge in [-0.05, 0) is 52.0 Å². The summed E-state index contributed by atoms with van der Waals surface area (Å²) in [5, 5.41) is 22.5. The molecule has 1 aliphatic rings. The van der Waals surface area contributed by atoms with Crippen molar-refractivity contribution in [1.82, 2.24) is 0 Å². The van der Waals surface area contributed by atoms with Crippen molar-refractivity contribution < 1.29 is 38.6 Å². The van der Waals surface area contributed by atoms with Crippen LogP contribution in [0.3, 0.4) is 0 Å². The van der Waals surface area contributed by atoms with Gasteiger partial charge in [0.1, 0.15) is 36.2 Å². The highest BCUT2D eigenvalue weighted by molar-refractivity contribution is 7.26. The van der Waals surface area contributed by atoms with Crippen LogP contribution in [0.4, 0.5) is 0 Å². The zero-order chi connectivity index (χ0) is 28.6. The molecular weight excluding hydrogens is 552 g/mol. The summed E-state index contributed by atoms with van der Waals surface area (Å²) in [7, 11) is 3.16. The molecule has 0 radical (unpaired) electrons. The summed E-state index contributed by atoms with van der Waals surface area (Å²) >= 11 is 2.60. The van der Waals surface area contributed by atoms with Crippen LogP contribution in [0.15, 0.2) is 36.4 Å². The van der Waals surface area contributed by atoms with Gasteiger partial charge in [-0.1, -0.05) is 12.1 Å². The summed E-state index contributed by atoms with van der Waals surface area (Å²) in [4.78, 5) is 2.22. The Morgan fingerprint density at radius 1 is 0.625 bits per heavy atom. The van der Waals surface area contributed by atoms with Crippen LogP contribution < -0.4 is 28.4 Å². The zero-order valence-corrected chi connectivity index (χ0v) is 24.8. The third kappa shape index (κ3) is 4.97. The molecule has 3 heterocycles. The van der Waals surface area contributed by atoms with E-state index in [1.807, 2.05) is 58.0 Å². The van der Waals surface area contributed by atoms with Gasteiger partial charge in [0.05, 0.1) is 57.1 Å². The van der Waals surface area contributed by atoms with E-state index >= 15 is 0 Å². The Morgan fingerprint density at radius 2 is 1.05 bits per heavy atom. The molecule has 2 aromatic carbocycles. The van der Waals surface area contributed by atoms with Crippen molar-refractivity contribution in [3.8, 4) is 76.6 Å². The van der Waals surface area contributed by atoms with E-state index in [0.717, 1.165) is 10.4 Å². The molecule has 10 heteroatoms. The standard InChI is InChI=1S/C30H32O8S2/c1-15(2)37-19-11-7-9-17(33-5)21(19)27-23(31)24(32)29(39-27)30-26-25(35-13-14-36-26)28(40-30)22-18(34-6)10-8-12-20(22)38-16(3)4/h7-12,15-16,31-32H,13-14H2,1-6H3. The fourth-order valence-corrected chi connectivity index (χ4v) is 7.03. The van der Waals surface area contributed by atoms with Gasteiger partial charge in [0, 0.05) is 0 Å². The van der Waals surface area contributed by atoms with Gasteiger partial charge in [-0.25, -0.2) is 0 Å². The molecule has 0 amide bonds. The Bertz CT molecular complexity index is 1520. The van der Waals surface area contributed by atoms with Crippen molar-refractivity contribution >= 4 is 22.7 Å². The fourth-order valence-electron chi connectivity index (χ4n) is 4.52. The molecular formula is C30H32O8S2. The highest BCUT2D eigenvalue weighted by atomic mass is 32.1. The maximum Gasteiger partial charge on any atom is 0.181 e. The number of methoxy groups -OCH3 is 2. The molecule has 5 rings (SSSR count). The van der Waals surface area contributed by atoms with Gasteiger partial charge >= 0.3 is 0 Å². The predicted molar refractivity (Wildman–Crippen MR) is 157 cm³/mol. The monoisotopic (exact) mass is 584 g/mol. The number of ether oxygens (including phenoxy) is 6. The van der Waals surface area contributed by atoms with E-state index in [2.05, 4.69) is 0 Å². The van der Waals surface area contributed by atoms with E-state index in [-0.39, 0.29) is 23.7 Å². The lowest BCUT2D eigenvalue weighted by Gasteiger charge is -2.19. The van der Waals surface area contributed by atoms with Crippen LogP contribution in [0.1, 0.15) is 27.7 Å². The van der Waals surface area contributed by atoms with E-state index in [4.69, 9.17) is 28.4 Å². The maximum absolute atomic E-state index is 11.3. The molecule has 8 nitrogen and oxygen atoms in total. The van der Waals surface area contributed by atoms with E-state index in [1.165, 1.54) is 22.7 Å². The van der Waals surface area contributed by atoms with Crippen molar-refractivity contribution in [1.29, 1.82) is 0 Å². The molecule has 0 atom stereocenters. The lowest BCUT2D eigenvalue weighted by Crippen LogP contribution is -2.15. The van der Waals surface area contributed by atoms with Gasteiger partial charge in [-0.2, -0.15) is 0 Å². The third-order valence-electron chi connectivity index (χ3n) is 6.06. The van der Waals surface area contributed by atoms with Crippen LogP contribution in [-0.4, -0.2) is 49.9 Å². The number of fused-ring (bicyclic) bond motifs is 1. The first-order valence-electron chi connectivity index (χ1n) is 12.9. The lowest BCUT2D eigenvalue weighted by molar-refractivity contribution is 0.174. The first kappa shape index (κ1) is 27.8. The van der Waals surface area contributed by atoms with E-state index < -0.39 is 0 Å². The number of hydrogen-bond donors (Lipinski definition) is 2. The van der Waals surface area contributed by atoms with Crippen molar-refractivity contribution in [2.45, 2.75) is 39.9 Å². The quantitative estimate of drug-likeness (QED) is 0.208. The van der Waals surface area contributed by atoms with Gasteiger partial charge in [0.15, 0.2) is 23.0 Å². The Kier molecular flexibility index (Phi) is 7.91. The minimum absolute atomic E-state index is 0.0674. The van der Waals surface area contributed by atoms with E-state index in [9.17, 15) is 10.2 Å². The second kappa shape index (κ2) is 11.4. The second-order valence-corrected chi connectivity index (χ2v) is 11.6. The fraction of sp³-hybridized carbons (Fsp3) is 0.333. The van der Waals surface area contributed by atoms with E-state index in [0.29, 0.717) is 67.9 Å². The first-order chi connectivity index (χ1) is 19.2. The van der Waals surface area contributed by atoms with E-state index in [1.54, 1.807) is 20.3 Å². The van der Waals surface area contributed by atoms with Gasteiger partial charge < -0.3 is 38.6 Å². The molecule has 1 aliphatic heterocycles. The van der Waals surface area contributed by atoms with Gasteiger partial charge in [-0.3, -0.25) is 0 Å². The summed E-state index contributed by atoms with van der Waals surface area (Å²) in [6.45, 7) is 8.48. The molecule has 2 aromatic heterocycles. The van der Waals surface area contributed by atoms with Crippen molar-refractivity contribution in [2.24, 2.45) is 0 Å². The van der Waals surface area contributed by atoms with Crippen LogP contribution in [-0.2, 0) is 0 Å². The van der Waals surface area contributed by atoms with Crippen LogP contribution in [0.5, 0.6) is 46.0 Å². The van der Waals surface area contributed by atoms with Gasteiger partial charge in [0.25, 0.3) is 0 Å². The molecule has 212 valence electrons. The van der Waals surface area contributed by atoms with Crippen molar-refractivity contribution in [3.63, 3.8) is 0 Å². The summed E-state index contributed by atoms with van der Waals surface area (Å²) < 4.78 is 35.7. The average Bonchev–Trinajstić information content (AvgIpc) is 3.44. The number of benzene rings is 2. The molecule has 0 saturated carbocycles. The first-order valence-corrected chi connectivity index (χ1v) is 14.5. The molecule has 40 heavy (non-hydrogen) atoms. The Hall–Kier alpha value is -3.76. The summed E-state index contributed by atoms with van der Waals surface area (Å²) in [5.41, 5.74) is 1.29. The zero-order valence-electron chi connectivity index (χ0n) is 23.2. The molecule has 4 aromatic rings. The highest BCUT2D eigenvalue weighted by Gasteiger charge is 2.34. The minimum Gasteiger partial charge on any atom is -0.503 e. The SMILES string of the molecule is COc1cccc(OC(C)C)c1-c1sc(-c2sc(-c3c(OC)cccc3OC(C)C)c3c2OCCO3)c(O)c1O. The van der Waals surface area contributed by atoms with Crippen LogP contribution in [0, 0.1) is 0 Å². The maximum atomic E-state index is 11.3. The molecule has 0 spiro atoms. The van der Waals surface area contributed by atoms with Crippen molar-refractivity contribution in [3.05, 3.63) is 36.4 Å². The predicted octanol–water partition coefficient (Wildman–Crippen LogP) is 7.58. The second-order valence-electron chi connectivity index (χ2n) is 9.57. The largest absolute Gasteiger partial charge is 0.503 e. The number of rotatable bonds is 9. The summed E-state index contributed by atoms with van der Waals surface area (Å²) in [6.07, 6.45) is -0.177. The Labute approximate surface area is 241 Å². The molecule has 0 saturated heterocycles. The molecule has 0 unspecified atom stereocenters. The lowest BCUT2D eigenvalue weighted by atomic mass is 10.1. The van der Waals surface area contributed by atoms with Gasteiger partial charge in [-0.15, -0.1) is 22.7 Å². The molecule has 2 N–H and O–H groups in total. The minimum atomic E-state index is -0.264. The molecule has 0 bridgehead atoms. The van der Waals surface area contributed by atoms with Crippen LogP contribution in [0.2, 0.25) is 0 Å². The summed E-state index contributed by atoms with van der Waals surface area (Å²) in [6, 6.07) is 11.0. The highest BCUT2D eigenvalue weighted by Crippen LogP contribution is 2.62. The van der Waals surface area contributed by atoms with Crippen LogP contribution in [0.25, 0.3) is 30.6 Å². The van der Waals surface area contributed by atoms with Crippen molar-refractivity contribution in [2.75, 3.05) is 27.4 Å². The Morgan fingerprint density at radius 3 is 1.55 bits per heavy atom. The third-order valence-corrected chi connectivity index (χ3v) is 8.58. The summed E-state index contributed by atoms with van der Waals surface area (Å²) in [5.74, 6) is 2.82. The number of hydrogen-bond acceptors (Lipinski definition) is 10. The Balaban J connectivity index is 1.73. The average molecular weight is 585 g/mol. The number of aromatic hydroxyl groups is 2. The molecule has 0 fully saturated rings. The van der Waals surface area contributed by atoms with Crippen LogP contribution >= 0.6 is 22.7 Å². The number of thiophene rings is 2.